The SMILES string of the molecule is CN1CCC(F)(F)C2(CC(C(C)(C)C)C2)C1. The number of hydrogen-bond acceptors (Lipinski definition) is 1. The highest BCUT2D eigenvalue weighted by Crippen LogP contribution is 2.62. The largest absolute Gasteiger partial charge is 0.305 e. The van der Waals surface area contributed by atoms with Crippen LogP contribution < -0.4 is 0 Å². The lowest BCUT2D eigenvalue weighted by Gasteiger charge is -2.59. The minimum Gasteiger partial charge on any atom is -0.305 e. The van der Waals surface area contributed by atoms with E-state index in [9.17, 15) is 8.78 Å². The van der Waals surface area contributed by atoms with E-state index >= 15 is 0 Å². The number of rotatable bonds is 0. The molecular formula is C13H23F2N. The molecule has 2 rings (SSSR count). The number of hydrogen-bond donors (Lipinski definition) is 0. The van der Waals surface area contributed by atoms with Crippen molar-refractivity contribution in [3.8, 4) is 0 Å². The van der Waals surface area contributed by atoms with Crippen molar-refractivity contribution in [2.24, 2.45) is 16.7 Å². The van der Waals surface area contributed by atoms with Gasteiger partial charge in [0.05, 0.1) is 0 Å². The predicted octanol–water partition coefficient (Wildman–Crippen LogP) is 3.40. The molecule has 0 aromatic carbocycles. The minimum atomic E-state index is -2.44. The Morgan fingerprint density at radius 1 is 1.19 bits per heavy atom. The summed E-state index contributed by atoms with van der Waals surface area (Å²) in [6.45, 7) is 7.60. The zero-order valence-electron chi connectivity index (χ0n) is 10.8. The van der Waals surface area contributed by atoms with Crippen molar-refractivity contribution in [1.29, 1.82) is 0 Å². The molecule has 2 fully saturated rings. The molecule has 1 heterocycles. The molecule has 1 aliphatic carbocycles. The Bertz CT molecular complexity index is 274. The quantitative estimate of drug-likeness (QED) is 0.617. The van der Waals surface area contributed by atoms with Gasteiger partial charge in [-0.15, -0.1) is 0 Å². The van der Waals surface area contributed by atoms with Gasteiger partial charge in [0.25, 0.3) is 5.92 Å². The Labute approximate surface area is 97.2 Å². The van der Waals surface area contributed by atoms with Gasteiger partial charge in [-0.2, -0.15) is 0 Å². The number of nitrogens with zero attached hydrogens (tertiary/aromatic N) is 1. The van der Waals surface area contributed by atoms with Gasteiger partial charge in [-0.25, -0.2) is 8.78 Å². The molecule has 16 heavy (non-hydrogen) atoms. The lowest BCUT2D eigenvalue weighted by Crippen LogP contribution is -2.62. The van der Waals surface area contributed by atoms with Crippen molar-refractivity contribution >= 4 is 0 Å². The average molecular weight is 231 g/mol. The van der Waals surface area contributed by atoms with Crippen LogP contribution >= 0.6 is 0 Å². The van der Waals surface area contributed by atoms with Gasteiger partial charge in [-0.1, -0.05) is 20.8 Å². The summed E-state index contributed by atoms with van der Waals surface area (Å²) in [7, 11) is 1.96. The highest BCUT2D eigenvalue weighted by atomic mass is 19.3. The maximum Gasteiger partial charge on any atom is 0.256 e. The molecule has 0 aromatic heterocycles. The lowest BCUT2D eigenvalue weighted by molar-refractivity contribution is -0.227. The van der Waals surface area contributed by atoms with Gasteiger partial charge in [0.1, 0.15) is 0 Å². The van der Waals surface area contributed by atoms with E-state index < -0.39 is 11.3 Å². The monoisotopic (exact) mass is 231 g/mol. The zero-order valence-corrected chi connectivity index (χ0v) is 10.8. The first-order valence-electron chi connectivity index (χ1n) is 6.23. The molecule has 3 heteroatoms. The van der Waals surface area contributed by atoms with E-state index in [1.165, 1.54) is 0 Å². The van der Waals surface area contributed by atoms with Crippen LogP contribution in [0.2, 0.25) is 0 Å². The van der Waals surface area contributed by atoms with Gasteiger partial charge >= 0.3 is 0 Å². The van der Waals surface area contributed by atoms with Crippen LogP contribution in [0.25, 0.3) is 0 Å². The second-order valence-electron chi connectivity index (χ2n) is 6.94. The maximum absolute atomic E-state index is 14.0. The third kappa shape index (κ3) is 1.77. The molecule has 2 aliphatic rings. The Hall–Kier alpha value is -0.180. The van der Waals surface area contributed by atoms with E-state index in [-0.39, 0.29) is 11.8 Å². The van der Waals surface area contributed by atoms with Gasteiger partial charge in [0.15, 0.2) is 0 Å². The summed E-state index contributed by atoms with van der Waals surface area (Å²) in [5, 5.41) is 0. The van der Waals surface area contributed by atoms with E-state index in [1.54, 1.807) is 0 Å². The summed E-state index contributed by atoms with van der Waals surface area (Å²) in [4.78, 5) is 2.07. The third-order valence-corrected chi connectivity index (χ3v) is 4.65. The maximum atomic E-state index is 14.0. The molecule has 0 atom stereocenters. The van der Waals surface area contributed by atoms with Crippen molar-refractivity contribution in [2.45, 2.75) is 46.0 Å². The standard InChI is InChI=1S/C13H23F2N/c1-11(2,3)10-7-12(8-10)9-16(4)6-5-13(12,14)15/h10H,5-9H2,1-4H3. The van der Waals surface area contributed by atoms with Gasteiger partial charge in [-0.3, -0.25) is 0 Å². The van der Waals surface area contributed by atoms with Crippen LogP contribution in [0.1, 0.15) is 40.0 Å². The first kappa shape index (κ1) is 12.3. The molecule has 0 aromatic rings. The fourth-order valence-electron chi connectivity index (χ4n) is 3.23. The predicted molar refractivity (Wildman–Crippen MR) is 61.7 cm³/mol. The molecule has 0 unspecified atom stereocenters. The smallest absolute Gasteiger partial charge is 0.256 e. The molecule has 94 valence electrons. The van der Waals surface area contributed by atoms with Crippen LogP contribution in [0.3, 0.4) is 0 Å². The summed E-state index contributed by atoms with van der Waals surface area (Å²) in [5.74, 6) is -1.98. The molecule has 1 saturated carbocycles. The summed E-state index contributed by atoms with van der Waals surface area (Å²) in [6, 6.07) is 0. The fourth-order valence-corrected chi connectivity index (χ4v) is 3.23. The first-order chi connectivity index (χ1) is 7.16. The number of alkyl halides is 2. The van der Waals surface area contributed by atoms with Crippen LogP contribution in [0, 0.1) is 16.7 Å². The lowest BCUT2D eigenvalue weighted by atomic mass is 9.51. The summed E-state index contributed by atoms with van der Waals surface area (Å²) < 4.78 is 28.0. The van der Waals surface area contributed by atoms with Gasteiger partial charge in [0.2, 0.25) is 0 Å². The molecular weight excluding hydrogens is 208 g/mol. The zero-order chi connectivity index (χ0) is 12.2. The topological polar surface area (TPSA) is 3.24 Å². The molecule has 1 saturated heterocycles. The average Bonchev–Trinajstić information content (AvgIpc) is 2.03. The van der Waals surface area contributed by atoms with Gasteiger partial charge < -0.3 is 4.90 Å². The summed E-state index contributed by atoms with van der Waals surface area (Å²) in [6.07, 6.45) is 1.45. The van der Waals surface area contributed by atoms with Crippen LogP contribution in [0.5, 0.6) is 0 Å². The molecule has 0 radical (unpaired) electrons. The molecule has 0 bridgehead atoms. The van der Waals surface area contributed by atoms with E-state index in [1.807, 2.05) is 7.05 Å². The second kappa shape index (κ2) is 3.41. The summed E-state index contributed by atoms with van der Waals surface area (Å²) >= 11 is 0. The third-order valence-electron chi connectivity index (χ3n) is 4.65. The van der Waals surface area contributed by atoms with E-state index in [0.717, 1.165) is 0 Å². The first-order valence-corrected chi connectivity index (χ1v) is 6.23. The normalized spacial score (nSPS) is 39.8. The Morgan fingerprint density at radius 3 is 2.25 bits per heavy atom. The van der Waals surface area contributed by atoms with Crippen LogP contribution in [-0.2, 0) is 0 Å². The van der Waals surface area contributed by atoms with Crippen LogP contribution in [-0.4, -0.2) is 31.0 Å². The molecule has 0 N–H and O–H groups in total. The van der Waals surface area contributed by atoms with Crippen molar-refractivity contribution in [3.05, 3.63) is 0 Å². The molecule has 0 amide bonds. The Kier molecular flexibility index (Phi) is 2.62. The van der Waals surface area contributed by atoms with Crippen LogP contribution in [0.15, 0.2) is 0 Å². The fraction of sp³-hybridized carbons (Fsp3) is 1.00. The second-order valence-corrected chi connectivity index (χ2v) is 6.94. The number of piperidine rings is 1. The van der Waals surface area contributed by atoms with E-state index in [4.69, 9.17) is 0 Å². The minimum absolute atomic E-state index is 0.0420. The molecule has 1 aliphatic heterocycles. The van der Waals surface area contributed by atoms with Gasteiger partial charge in [0, 0.05) is 24.9 Å². The highest BCUT2D eigenvalue weighted by molar-refractivity contribution is 5.08. The van der Waals surface area contributed by atoms with Crippen molar-refractivity contribution in [3.63, 3.8) is 0 Å². The summed E-state index contributed by atoms with van der Waals surface area (Å²) in [5.41, 5.74) is -0.532. The van der Waals surface area contributed by atoms with E-state index in [2.05, 4.69) is 25.7 Å². The van der Waals surface area contributed by atoms with Crippen molar-refractivity contribution < 1.29 is 8.78 Å². The molecule has 1 nitrogen and oxygen atoms in total. The van der Waals surface area contributed by atoms with Crippen LogP contribution in [0.4, 0.5) is 8.78 Å². The number of likely N-dealkylation sites (tertiary alicyclic amines) is 1. The van der Waals surface area contributed by atoms with Gasteiger partial charge in [-0.05, 0) is 31.2 Å². The molecule has 1 spiro atoms. The van der Waals surface area contributed by atoms with E-state index in [0.29, 0.717) is 31.8 Å². The Balaban J connectivity index is 2.09. The van der Waals surface area contributed by atoms with Crippen molar-refractivity contribution in [2.75, 3.05) is 20.1 Å². The Morgan fingerprint density at radius 2 is 1.75 bits per heavy atom. The highest BCUT2D eigenvalue weighted by Gasteiger charge is 2.63. The van der Waals surface area contributed by atoms with Crippen molar-refractivity contribution in [1.82, 2.24) is 4.90 Å². The number of halogens is 2.